The molecule has 1 atom stereocenters. The number of rotatable bonds is 4. The Kier molecular flexibility index (Phi) is 4.99. The zero-order valence-corrected chi connectivity index (χ0v) is 15.7. The van der Waals surface area contributed by atoms with Gasteiger partial charge in [0.2, 0.25) is 0 Å². The fraction of sp³-hybridized carbons (Fsp3) is 0.158. The van der Waals surface area contributed by atoms with Gasteiger partial charge in [-0.15, -0.1) is 0 Å². The average molecular weight is 418 g/mol. The predicted octanol–water partition coefficient (Wildman–Crippen LogP) is 3.18. The maximum atomic E-state index is 12.4. The zero-order chi connectivity index (χ0) is 18.8. The van der Waals surface area contributed by atoms with Crippen LogP contribution in [-0.4, -0.2) is 31.0 Å². The number of aliphatic hydroxyl groups is 1. The summed E-state index contributed by atoms with van der Waals surface area (Å²) in [6.45, 7) is 0. The van der Waals surface area contributed by atoms with Crippen LogP contribution in [0.15, 0.2) is 52.5 Å². The maximum Gasteiger partial charge on any atom is 0.293 e. The van der Waals surface area contributed by atoms with Gasteiger partial charge in [0.05, 0.1) is 25.8 Å². The van der Waals surface area contributed by atoms with E-state index in [1.165, 1.54) is 14.2 Å². The number of carbonyl (C=O) groups excluding carboxylic acids is 2. The lowest BCUT2D eigenvalue weighted by molar-refractivity contribution is -0.133. The van der Waals surface area contributed by atoms with Crippen LogP contribution in [0.1, 0.15) is 17.2 Å². The third-order valence-corrected chi connectivity index (χ3v) is 4.66. The molecule has 1 heterocycles. The minimum atomic E-state index is -0.779. The molecule has 0 aromatic heterocycles. The highest BCUT2D eigenvalue weighted by molar-refractivity contribution is 9.10. The van der Waals surface area contributed by atoms with E-state index in [1.807, 2.05) is 0 Å². The van der Waals surface area contributed by atoms with Crippen molar-refractivity contribution in [1.82, 2.24) is 5.32 Å². The Hall–Kier alpha value is -2.80. The molecule has 2 N–H and O–H groups in total. The van der Waals surface area contributed by atoms with Gasteiger partial charge < -0.3 is 19.9 Å². The van der Waals surface area contributed by atoms with E-state index in [2.05, 4.69) is 21.2 Å². The minimum absolute atomic E-state index is 0.00421. The molecule has 0 saturated carbocycles. The number of Topliss-reactive ketones (excluding diaryl/α,β-unsaturated/α-hetero) is 1. The largest absolute Gasteiger partial charge is 0.507 e. The lowest BCUT2D eigenvalue weighted by Gasteiger charge is -2.16. The van der Waals surface area contributed by atoms with Crippen LogP contribution in [0, 0.1) is 0 Å². The number of hydrogen-bond acceptors (Lipinski definition) is 5. The molecule has 7 heteroatoms. The third-order valence-electron chi connectivity index (χ3n) is 4.13. The number of ketones is 1. The van der Waals surface area contributed by atoms with Gasteiger partial charge >= 0.3 is 0 Å². The standard InChI is InChI=1S/C19H16BrNO5/c1-25-13-8-5-11(9-14(13)26-2)16-15(18(23)19(24)21-16)17(22)10-3-6-12(20)7-4-10/h3-9,16,22H,1-2H3,(H,21,24)/b17-15+. The van der Waals surface area contributed by atoms with Crippen molar-refractivity contribution in [1.29, 1.82) is 0 Å². The molecule has 1 fully saturated rings. The van der Waals surface area contributed by atoms with Crippen LogP contribution < -0.4 is 14.8 Å². The molecule has 0 bridgehead atoms. The molecular weight excluding hydrogens is 402 g/mol. The van der Waals surface area contributed by atoms with E-state index < -0.39 is 17.7 Å². The molecule has 2 aromatic rings. The van der Waals surface area contributed by atoms with Crippen molar-refractivity contribution in [2.75, 3.05) is 14.2 Å². The summed E-state index contributed by atoms with van der Waals surface area (Å²) >= 11 is 3.32. The topological polar surface area (TPSA) is 84.9 Å². The Balaban J connectivity index is 2.11. The molecule has 1 aliphatic rings. The lowest BCUT2D eigenvalue weighted by atomic mass is 9.95. The predicted molar refractivity (Wildman–Crippen MR) is 99.1 cm³/mol. The number of ether oxygens (including phenoxy) is 2. The number of benzene rings is 2. The van der Waals surface area contributed by atoms with E-state index in [4.69, 9.17) is 9.47 Å². The summed E-state index contributed by atoms with van der Waals surface area (Å²) in [5.74, 6) is -0.773. The monoisotopic (exact) mass is 417 g/mol. The molecule has 1 aliphatic heterocycles. The second-order valence-corrected chi connectivity index (χ2v) is 6.53. The summed E-state index contributed by atoms with van der Waals surface area (Å²) in [6, 6.07) is 11.1. The van der Waals surface area contributed by atoms with Crippen molar-refractivity contribution in [2.24, 2.45) is 0 Å². The molecule has 6 nitrogen and oxygen atoms in total. The Labute approximate surface area is 158 Å². The Bertz CT molecular complexity index is 905. The van der Waals surface area contributed by atoms with Gasteiger partial charge in [-0.25, -0.2) is 0 Å². The van der Waals surface area contributed by atoms with Gasteiger partial charge in [0.25, 0.3) is 11.7 Å². The minimum Gasteiger partial charge on any atom is -0.507 e. The number of hydrogen-bond donors (Lipinski definition) is 2. The number of nitrogens with one attached hydrogen (secondary N) is 1. The van der Waals surface area contributed by atoms with Gasteiger partial charge in [-0.2, -0.15) is 0 Å². The summed E-state index contributed by atoms with van der Waals surface area (Å²) in [4.78, 5) is 24.3. The van der Waals surface area contributed by atoms with Crippen molar-refractivity contribution < 1.29 is 24.2 Å². The van der Waals surface area contributed by atoms with Crippen molar-refractivity contribution in [3.63, 3.8) is 0 Å². The highest BCUT2D eigenvalue weighted by atomic mass is 79.9. The fourth-order valence-corrected chi connectivity index (χ4v) is 3.08. The number of carbonyl (C=O) groups is 2. The third kappa shape index (κ3) is 3.17. The van der Waals surface area contributed by atoms with E-state index >= 15 is 0 Å². The van der Waals surface area contributed by atoms with Gasteiger partial charge in [0, 0.05) is 10.0 Å². The van der Waals surface area contributed by atoms with Gasteiger partial charge in [-0.1, -0.05) is 34.1 Å². The first-order chi connectivity index (χ1) is 12.5. The Morgan fingerprint density at radius 3 is 2.31 bits per heavy atom. The summed E-state index contributed by atoms with van der Waals surface area (Å²) < 4.78 is 11.3. The van der Waals surface area contributed by atoms with Crippen LogP contribution in [0.3, 0.4) is 0 Å². The van der Waals surface area contributed by atoms with Crippen molar-refractivity contribution in [3.05, 3.63) is 63.6 Å². The van der Waals surface area contributed by atoms with E-state index in [0.717, 1.165) is 4.47 Å². The quantitative estimate of drug-likeness (QED) is 0.453. The van der Waals surface area contributed by atoms with Crippen LogP contribution in [0.5, 0.6) is 11.5 Å². The summed E-state index contributed by atoms with van der Waals surface area (Å²) in [5.41, 5.74) is 1.04. The molecule has 0 radical (unpaired) electrons. The number of methoxy groups -OCH3 is 2. The fourth-order valence-electron chi connectivity index (χ4n) is 2.81. The SMILES string of the molecule is COc1ccc(C2NC(=O)C(=O)/C2=C(/O)c2ccc(Br)cc2)cc1OC. The highest BCUT2D eigenvalue weighted by Crippen LogP contribution is 2.37. The molecule has 1 saturated heterocycles. The van der Waals surface area contributed by atoms with Crippen molar-refractivity contribution >= 4 is 33.4 Å². The average Bonchev–Trinajstić information content (AvgIpc) is 2.96. The van der Waals surface area contributed by atoms with E-state index in [0.29, 0.717) is 22.6 Å². The summed E-state index contributed by atoms with van der Waals surface area (Å²) in [5, 5.41) is 13.3. The Morgan fingerprint density at radius 1 is 1.04 bits per heavy atom. The highest BCUT2D eigenvalue weighted by Gasteiger charge is 2.39. The van der Waals surface area contributed by atoms with Crippen LogP contribution in [0.2, 0.25) is 0 Å². The van der Waals surface area contributed by atoms with Crippen molar-refractivity contribution in [2.45, 2.75) is 6.04 Å². The second-order valence-electron chi connectivity index (χ2n) is 5.62. The number of aliphatic hydroxyl groups excluding tert-OH is 1. The smallest absolute Gasteiger partial charge is 0.293 e. The van der Waals surface area contributed by atoms with E-state index in [9.17, 15) is 14.7 Å². The first-order valence-corrected chi connectivity index (χ1v) is 8.51. The van der Waals surface area contributed by atoms with Crippen LogP contribution >= 0.6 is 15.9 Å². The molecule has 26 heavy (non-hydrogen) atoms. The van der Waals surface area contributed by atoms with Crippen molar-refractivity contribution in [3.8, 4) is 11.5 Å². The molecular formula is C19H16BrNO5. The molecule has 0 aliphatic carbocycles. The maximum absolute atomic E-state index is 12.4. The molecule has 0 spiro atoms. The van der Waals surface area contributed by atoms with Gasteiger partial charge in [0.15, 0.2) is 11.5 Å². The Morgan fingerprint density at radius 2 is 1.69 bits per heavy atom. The molecule has 1 amide bonds. The zero-order valence-electron chi connectivity index (χ0n) is 14.1. The first-order valence-electron chi connectivity index (χ1n) is 7.72. The number of halogens is 1. The summed E-state index contributed by atoms with van der Waals surface area (Å²) in [6.07, 6.45) is 0. The molecule has 134 valence electrons. The summed E-state index contributed by atoms with van der Waals surface area (Å²) in [7, 11) is 3.01. The molecule has 2 aromatic carbocycles. The molecule has 1 unspecified atom stereocenters. The molecule has 3 rings (SSSR count). The normalized spacial score (nSPS) is 18.5. The first kappa shape index (κ1) is 18.0. The van der Waals surface area contributed by atoms with E-state index in [1.54, 1.807) is 42.5 Å². The number of amides is 1. The van der Waals surface area contributed by atoms with Gasteiger partial charge in [-0.05, 0) is 29.8 Å². The van der Waals surface area contributed by atoms with Crippen LogP contribution in [0.25, 0.3) is 5.76 Å². The van der Waals surface area contributed by atoms with Gasteiger partial charge in [0.1, 0.15) is 5.76 Å². The van der Waals surface area contributed by atoms with Crippen LogP contribution in [0.4, 0.5) is 0 Å². The van der Waals surface area contributed by atoms with E-state index in [-0.39, 0.29) is 11.3 Å². The lowest BCUT2D eigenvalue weighted by Crippen LogP contribution is -2.21. The second kappa shape index (κ2) is 7.21. The van der Waals surface area contributed by atoms with Gasteiger partial charge in [-0.3, -0.25) is 9.59 Å². The van der Waals surface area contributed by atoms with Crippen LogP contribution in [-0.2, 0) is 9.59 Å².